The van der Waals surface area contributed by atoms with Crippen LogP contribution in [0.1, 0.15) is 0 Å². The first-order chi connectivity index (χ1) is 16.7. The van der Waals surface area contributed by atoms with E-state index in [4.69, 9.17) is 23.6 Å². The van der Waals surface area contributed by atoms with Crippen LogP contribution in [0, 0.1) is 0 Å². The lowest BCUT2D eigenvalue weighted by molar-refractivity contribution is 0.409. The summed E-state index contributed by atoms with van der Waals surface area (Å²) in [5.41, 5.74) is 2.52. The van der Waals surface area contributed by atoms with Gasteiger partial charge >= 0.3 is 0 Å². The molecule has 0 bridgehead atoms. The molecule has 0 aliphatic rings. The van der Waals surface area contributed by atoms with Gasteiger partial charge in [0, 0.05) is 33.7 Å². The quantitative estimate of drug-likeness (QED) is 0.295. The van der Waals surface area contributed by atoms with Gasteiger partial charge in [-0.1, -0.05) is 48.5 Å². The second-order valence-corrected chi connectivity index (χ2v) is 7.92. The molecule has 0 radical (unpaired) electrons. The van der Waals surface area contributed by atoms with Gasteiger partial charge in [-0.3, -0.25) is 4.57 Å². The fourth-order valence-corrected chi connectivity index (χ4v) is 4.73. The van der Waals surface area contributed by atoms with Crippen molar-refractivity contribution in [2.24, 2.45) is 0 Å². The van der Waals surface area contributed by atoms with Crippen molar-refractivity contribution < 1.29 is 18.6 Å². The van der Waals surface area contributed by atoms with Gasteiger partial charge in [0.1, 0.15) is 11.5 Å². The van der Waals surface area contributed by atoms with Crippen LogP contribution in [0.25, 0.3) is 49.9 Å². The zero-order valence-electron chi connectivity index (χ0n) is 19.0. The molecule has 4 aromatic carbocycles. The van der Waals surface area contributed by atoms with E-state index in [-0.39, 0.29) is 0 Å². The maximum absolute atomic E-state index is 6.00. The number of aromatic nitrogens is 2. The van der Waals surface area contributed by atoms with Crippen LogP contribution in [-0.4, -0.2) is 30.9 Å². The van der Waals surface area contributed by atoms with E-state index < -0.39 is 0 Å². The monoisotopic (exact) mass is 450 g/mol. The molecule has 6 rings (SSSR count). The number of imidazole rings is 1. The highest BCUT2D eigenvalue weighted by Crippen LogP contribution is 2.44. The van der Waals surface area contributed by atoms with E-state index in [2.05, 4.69) is 16.7 Å². The standard InChI is InChI=1S/C28H22N2O4/c1-31-24-15-21-26(19-11-6-4-9-17(19)24)30(28(29-21)23-13-8-14-34-23)22-16-25(32-2)18-10-5-7-12-20(18)27(22)33-3/h4-16H,1-3H3. The van der Waals surface area contributed by atoms with Crippen molar-refractivity contribution in [3.8, 4) is 34.5 Å². The van der Waals surface area contributed by atoms with Crippen LogP contribution in [0.4, 0.5) is 0 Å². The van der Waals surface area contributed by atoms with Gasteiger partial charge in [0.2, 0.25) is 0 Å². The van der Waals surface area contributed by atoms with Gasteiger partial charge in [0.25, 0.3) is 0 Å². The summed E-state index contributed by atoms with van der Waals surface area (Å²) in [6.45, 7) is 0. The van der Waals surface area contributed by atoms with E-state index >= 15 is 0 Å². The minimum atomic E-state index is 0.647. The molecular weight excluding hydrogens is 428 g/mol. The number of benzene rings is 4. The van der Waals surface area contributed by atoms with E-state index in [0.717, 1.165) is 55.5 Å². The summed E-state index contributed by atoms with van der Waals surface area (Å²) in [6, 6.07) is 23.9. The Labute approximate surface area is 195 Å². The molecule has 0 N–H and O–H groups in total. The predicted octanol–water partition coefficient (Wildman–Crippen LogP) is 6.62. The minimum Gasteiger partial charge on any atom is -0.496 e. The molecule has 168 valence electrons. The molecule has 0 saturated carbocycles. The van der Waals surface area contributed by atoms with Gasteiger partial charge in [-0.25, -0.2) is 4.98 Å². The lowest BCUT2D eigenvalue weighted by Crippen LogP contribution is -2.03. The molecule has 0 aliphatic carbocycles. The Morgan fingerprint density at radius 2 is 1.35 bits per heavy atom. The van der Waals surface area contributed by atoms with Gasteiger partial charge in [0.05, 0.1) is 44.3 Å². The zero-order chi connectivity index (χ0) is 23.2. The number of rotatable bonds is 5. The molecule has 0 saturated heterocycles. The van der Waals surface area contributed by atoms with Crippen LogP contribution >= 0.6 is 0 Å². The Hall–Kier alpha value is -4.45. The molecule has 6 aromatic rings. The summed E-state index contributed by atoms with van der Waals surface area (Å²) in [6.07, 6.45) is 1.65. The molecule has 6 nitrogen and oxygen atoms in total. The molecule has 6 heteroatoms. The normalized spacial score (nSPS) is 11.4. The van der Waals surface area contributed by atoms with Gasteiger partial charge in [-0.15, -0.1) is 0 Å². The summed E-state index contributed by atoms with van der Waals surface area (Å²) < 4.78 is 25.4. The molecule has 0 unspecified atom stereocenters. The van der Waals surface area contributed by atoms with Gasteiger partial charge < -0.3 is 18.6 Å². The van der Waals surface area contributed by atoms with Crippen LogP contribution in [-0.2, 0) is 0 Å². The Kier molecular flexibility index (Phi) is 4.66. The molecule has 2 heterocycles. The Morgan fingerprint density at radius 1 is 0.706 bits per heavy atom. The molecule has 2 aromatic heterocycles. The fourth-order valence-electron chi connectivity index (χ4n) is 4.73. The summed E-state index contributed by atoms with van der Waals surface area (Å²) in [7, 11) is 5.04. The molecular formula is C28H22N2O4. The summed E-state index contributed by atoms with van der Waals surface area (Å²) in [5, 5.41) is 3.93. The topological polar surface area (TPSA) is 58.7 Å². The average Bonchev–Trinajstić information content (AvgIpc) is 3.55. The van der Waals surface area contributed by atoms with Crippen molar-refractivity contribution in [3.63, 3.8) is 0 Å². The number of fused-ring (bicyclic) bond motifs is 4. The van der Waals surface area contributed by atoms with E-state index in [1.807, 2.05) is 60.7 Å². The van der Waals surface area contributed by atoms with Crippen molar-refractivity contribution in [1.29, 1.82) is 0 Å². The van der Waals surface area contributed by atoms with Gasteiger partial charge in [0.15, 0.2) is 17.3 Å². The minimum absolute atomic E-state index is 0.647. The highest BCUT2D eigenvalue weighted by Gasteiger charge is 2.24. The highest BCUT2D eigenvalue weighted by molar-refractivity contribution is 6.10. The van der Waals surface area contributed by atoms with Gasteiger partial charge in [-0.2, -0.15) is 0 Å². The van der Waals surface area contributed by atoms with E-state index in [1.54, 1.807) is 27.6 Å². The maximum atomic E-state index is 6.00. The smallest absolute Gasteiger partial charge is 0.182 e. The number of nitrogens with zero attached hydrogens (tertiary/aromatic N) is 2. The summed E-state index contributed by atoms with van der Waals surface area (Å²) in [4.78, 5) is 4.99. The van der Waals surface area contributed by atoms with Crippen molar-refractivity contribution in [3.05, 3.63) is 79.1 Å². The fraction of sp³-hybridized carbons (Fsp3) is 0.107. The number of hydrogen-bond donors (Lipinski definition) is 0. The number of furan rings is 1. The third-order valence-corrected chi connectivity index (χ3v) is 6.18. The maximum Gasteiger partial charge on any atom is 0.182 e. The van der Waals surface area contributed by atoms with Crippen LogP contribution in [0.3, 0.4) is 0 Å². The van der Waals surface area contributed by atoms with Crippen LogP contribution in [0.5, 0.6) is 17.2 Å². The van der Waals surface area contributed by atoms with Crippen LogP contribution in [0.2, 0.25) is 0 Å². The largest absolute Gasteiger partial charge is 0.496 e. The number of hydrogen-bond acceptors (Lipinski definition) is 5. The first kappa shape index (κ1) is 20.2. The second-order valence-electron chi connectivity index (χ2n) is 7.92. The Bertz CT molecular complexity index is 1670. The average molecular weight is 450 g/mol. The second kappa shape index (κ2) is 7.85. The third kappa shape index (κ3) is 2.85. The lowest BCUT2D eigenvalue weighted by Gasteiger charge is -2.18. The summed E-state index contributed by atoms with van der Waals surface area (Å²) >= 11 is 0. The molecule has 0 aliphatic heterocycles. The number of ether oxygens (including phenoxy) is 3. The molecule has 0 fully saturated rings. The third-order valence-electron chi connectivity index (χ3n) is 6.18. The summed E-state index contributed by atoms with van der Waals surface area (Å²) in [5.74, 6) is 3.55. The molecule has 34 heavy (non-hydrogen) atoms. The van der Waals surface area contributed by atoms with Crippen molar-refractivity contribution in [1.82, 2.24) is 9.55 Å². The number of methoxy groups -OCH3 is 3. The first-order valence-corrected chi connectivity index (χ1v) is 10.9. The molecule has 0 spiro atoms. The van der Waals surface area contributed by atoms with E-state index in [9.17, 15) is 0 Å². The molecule has 0 atom stereocenters. The van der Waals surface area contributed by atoms with E-state index in [1.165, 1.54) is 0 Å². The van der Waals surface area contributed by atoms with Crippen LogP contribution in [0.15, 0.2) is 83.5 Å². The van der Waals surface area contributed by atoms with Crippen molar-refractivity contribution >= 4 is 32.6 Å². The lowest BCUT2D eigenvalue weighted by atomic mass is 10.1. The van der Waals surface area contributed by atoms with E-state index in [0.29, 0.717) is 11.6 Å². The van der Waals surface area contributed by atoms with Crippen LogP contribution < -0.4 is 14.2 Å². The Balaban J connectivity index is 1.84. The van der Waals surface area contributed by atoms with Crippen molar-refractivity contribution in [2.75, 3.05) is 21.3 Å². The SMILES string of the molecule is COc1cc(-n2c(-c3ccco3)nc3cc(OC)c4ccccc4c32)c(OC)c2ccccc12. The highest BCUT2D eigenvalue weighted by atomic mass is 16.5. The predicted molar refractivity (Wildman–Crippen MR) is 133 cm³/mol. The molecule has 0 amide bonds. The van der Waals surface area contributed by atoms with Gasteiger partial charge in [-0.05, 0) is 12.1 Å². The van der Waals surface area contributed by atoms with Crippen molar-refractivity contribution in [2.45, 2.75) is 0 Å². The first-order valence-electron chi connectivity index (χ1n) is 10.9. The zero-order valence-corrected chi connectivity index (χ0v) is 19.0. The Morgan fingerprint density at radius 3 is 2.00 bits per heavy atom.